The molecule has 0 atom stereocenters. The van der Waals surface area contributed by atoms with E-state index in [1.54, 1.807) is 12.1 Å². The summed E-state index contributed by atoms with van der Waals surface area (Å²) in [5.74, 6) is 0.736. The second-order valence-corrected chi connectivity index (χ2v) is 9.89. The number of Topliss-reactive ketones (excluding diaryl/α,β-unsaturated/α-hetero) is 1. The van der Waals surface area contributed by atoms with E-state index >= 15 is 0 Å². The third kappa shape index (κ3) is 4.45. The van der Waals surface area contributed by atoms with Crippen LogP contribution in [0.15, 0.2) is 64.8 Å². The molecule has 5 nitrogen and oxygen atoms in total. The number of hydrogen-bond acceptors (Lipinski definition) is 5. The Balaban J connectivity index is 1.37. The van der Waals surface area contributed by atoms with Gasteiger partial charge in [-0.15, -0.1) is 0 Å². The standard InChI is InChI=1S/C27H24BrClN2O3/c1-17-13-23(32)21(16-30-9-11-31(12-10-30)20-7-4-6-19(29)15-20)27-25(17)26(33)24(34-27)14-18-5-2-3-8-22(18)28/h2-8,13-15,32H,9-12,16H2,1H3/b24-14-. The number of nitrogens with zero attached hydrogens (tertiary/aromatic N) is 2. The molecule has 0 radical (unpaired) electrons. The number of anilines is 1. The van der Waals surface area contributed by atoms with Crippen LogP contribution in [0.3, 0.4) is 0 Å². The number of carbonyl (C=O) groups excluding carboxylic acids is 1. The van der Waals surface area contributed by atoms with Crippen molar-refractivity contribution in [3.05, 3.63) is 92.1 Å². The van der Waals surface area contributed by atoms with Gasteiger partial charge in [0, 0.05) is 47.9 Å². The summed E-state index contributed by atoms with van der Waals surface area (Å²) in [5, 5.41) is 11.5. The zero-order chi connectivity index (χ0) is 23.8. The minimum absolute atomic E-state index is 0.156. The summed E-state index contributed by atoms with van der Waals surface area (Å²) >= 11 is 9.68. The maximum absolute atomic E-state index is 13.2. The number of aryl methyl sites for hydroxylation is 1. The number of phenolic OH excluding ortho intramolecular Hbond substituents is 1. The highest BCUT2D eigenvalue weighted by Crippen LogP contribution is 2.42. The lowest BCUT2D eigenvalue weighted by molar-refractivity contribution is 0.101. The van der Waals surface area contributed by atoms with Crippen LogP contribution < -0.4 is 9.64 Å². The van der Waals surface area contributed by atoms with Gasteiger partial charge >= 0.3 is 0 Å². The quantitative estimate of drug-likeness (QED) is 0.409. The van der Waals surface area contributed by atoms with Gasteiger partial charge in [-0.25, -0.2) is 0 Å². The second-order valence-electron chi connectivity index (χ2n) is 8.60. The highest BCUT2D eigenvalue weighted by molar-refractivity contribution is 9.10. The number of phenols is 1. The summed E-state index contributed by atoms with van der Waals surface area (Å²) < 4.78 is 6.98. The maximum atomic E-state index is 13.2. The molecule has 3 aromatic rings. The normalized spacial score (nSPS) is 17.2. The number of ketones is 1. The summed E-state index contributed by atoms with van der Waals surface area (Å²) in [6.07, 6.45) is 1.75. The first kappa shape index (κ1) is 23.0. The van der Waals surface area contributed by atoms with Gasteiger partial charge in [0.15, 0.2) is 5.76 Å². The van der Waals surface area contributed by atoms with Gasteiger partial charge in [-0.05, 0) is 54.5 Å². The number of halogens is 2. The molecule has 1 saturated heterocycles. The first-order valence-electron chi connectivity index (χ1n) is 11.2. The fourth-order valence-corrected chi connectivity index (χ4v) is 5.11. The number of benzene rings is 3. The van der Waals surface area contributed by atoms with Crippen LogP contribution >= 0.6 is 27.5 Å². The first-order valence-corrected chi connectivity index (χ1v) is 12.3. The summed E-state index contributed by atoms with van der Waals surface area (Å²) in [5.41, 5.74) is 3.87. The average Bonchev–Trinajstić information content (AvgIpc) is 3.15. The summed E-state index contributed by atoms with van der Waals surface area (Å²) in [7, 11) is 0. The number of ether oxygens (including phenoxy) is 1. The summed E-state index contributed by atoms with van der Waals surface area (Å²) in [6.45, 7) is 5.68. The van der Waals surface area contributed by atoms with Crippen LogP contribution in [0.25, 0.3) is 6.08 Å². The highest BCUT2D eigenvalue weighted by Gasteiger charge is 2.34. The molecule has 0 unspecified atom stereocenters. The Morgan fingerprint density at radius 1 is 1.09 bits per heavy atom. The lowest BCUT2D eigenvalue weighted by atomic mass is 9.99. The molecule has 174 valence electrons. The number of piperazine rings is 1. The maximum Gasteiger partial charge on any atom is 0.232 e. The van der Waals surface area contributed by atoms with Crippen molar-refractivity contribution < 1.29 is 14.6 Å². The summed E-state index contributed by atoms with van der Waals surface area (Å²) in [6, 6.07) is 17.2. The van der Waals surface area contributed by atoms with E-state index in [0.717, 1.165) is 46.9 Å². The number of allylic oxidation sites excluding steroid dienone is 1. The minimum atomic E-state index is -0.157. The zero-order valence-electron chi connectivity index (χ0n) is 18.7. The van der Waals surface area contributed by atoms with Crippen LogP contribution in [0, 0.1) is 6.92 Å². The van der Waals surface area contributed by atoms with E-state index in [0.29, 0.717) is 29.0 Å². The lowest BCUT2D eigenvalue weighted by Crippen LogP contribution is -2.46. The van der Waals surface area contributed by atoms with Gasteiger partial charge in [0.2, 0.25) is 5.78 Å². The molecule has 0 aliphatic carbocycles. The van der Waals surface area contributed by atoms with Gasteiger partial charge in [-0.3, -0.25) is 9.69 Å². The van der Waals surface area contributed by atoms with Gasteiger partial charge < -0.3 is 14.7 Å². The minimum Gasteiger partial charge on any atom is -0.507 e. The van der Waals surface area contributed by atoms with Crippen LogP contribution in [0.1, 0.15) is 27.0 Å². The van der Waals surface area contributed by atoms with Crippen LogP contribution in [0.2, 0.25) is 5.02 Å². The molecular formula is C27H24BrClN2O3. The molecule has 0 saturated carbocycles. The van der Waals surface area contributed by atoms with Crippen LogP contribution in [0.5, 0.6) is 11.5 Å². The van der Waals surface area contributed by atoms with Crippen LogP contribution in [-0.4, -0.2) is 42.0 Å². The van der Waals surface area contributed by atoms with Gasteiger partial charge in [0.05, 0.1) is 11.1 Å². The van der Waals surface area contributed by atoms with Crippen molar-refractivity contribution in [1.29, 1.82) is 0 Å². The van der Waals surface area contributed by atoms with Crippen molar-refractivity contribution >= 4 is 45.1 Å². The molecule has 1 N–H and O–H groups in total. The Hall–Kier alpha value is -2.80. The zero-order valence-corrected chi connectivity index (χ0v) is 21.1. The van der Waals surface area contributed by atoms with Crippen LogP contribution in [0.4, 0.5) is 5.69 Å². The molecule has 0 bridgehead atoms. The molecule has 5 rings (SSSR count). The summed E-state index contributed by atoms with van der Waals surface area (Å²) in [4.78, 5) is 17.8. The Kier molecular flexibility index (Phi) is 6.38. The Bertz CT molecular complexity index is 1300. The van der Waals surface area contributed by atoms with Crippen molar-refractivity contribution in [1.82, 2.24) is 4.90 Å². The molecule has 7 heteroatoms. The van der Waals surface area contributed by atoms with E-state index in [2.05, 4.69) is 31.8 Å². The molecular weight excluding hydrogens is 516 g/mol. The van der Waals surface area contributed by atoms with Crippen molar-refractivity contribution in [2.75, 3.05) is 31.1 Å². The Morgan fingerprint density at radius 3 is 2.59 bits per heavy atom. The van der Waals surface area contributed by atoms with E-state index in [1.807, 2.05) is 49.4 Å². The third-order valence-corrected chi connectivity index (χ3v) is 7.30. The van der Waals surface area contributed by atoms with E-state index in [9.17, 15) is 9.90 Å². The molecule has 2 aliphatic heterocycles. The smallest absolute Gasteiger partial charge is 0.232 e. The van der Waals surface area contributed by atoms with Crippen LogP contribution in [-0.2, 0) is 6.54 Å². The molecule has 0 amide bonds. The van der Waals surface area contributed by atoms with Gasteiger partial charge in [0.25, 0.3) is 0 Å². The number of aromatic hydroxyl groups is 1. The van der Waals surface area contributed by atoms with E-state index in [-0.39, 0.29) is 17.3 Å². The molecule has 0 spiro atoms. The van der Waals surface area contributed by atoms with Gasteiger partial charge in [-0.2, -0.15) is 0 Å². The van der Waals surface area contributed by atoms with Gasteiger partial charge in [-0.1, -0.05) is 51.8 Å². The third-order valence-electron chi connectivity index (χ3n) is 6.34. The number of hydrogen-bond donors (Lipinski definition) is 1. The van der Waals surface area contributed by atoms with Crippen molar-refractivity contribution in [3.8, 4) is 11.5 Å². The van der Waals surface area contributed by atoms with E-state index < -0.39 is 0 Å². The molecule has 1 fully saturated rings. The first-order chi connectivity index (χ1) is 16.4. The molecule has 3 aromatic carbocycles. The Labute approximate surface area is 212 Å². The molecule has 34 heavy (non-hydrogen) atoms. The predicted octanol–water partition coefficient (Wildman–Crippen LogP) is 6.05. The van der Waals surface area contributed by atoms with E-state index in [1.165, 1.54) is 0 Å². The second kappa shape index (κ2) is 9.45. The molecule has 2 heterocycles. The molecule has 0 aromatic heterocycles. The van der Waals surface area contributed by atoms with Gasteiger partial charge in [0.1, 0.15) is 11.5 Å². The largest absolute Gasteiger partial charge is 0.507 e. The number of carbonyl (C=O) groups is 1. The van der Waals surface area contributed by atoms with Crippen molar-refractivity contribution in [3.63, 3.8) is 0 Å². The topological polar surface area (TPSA) is 53.0 Å². The lowest BCUT2D eigenvalue weighted by Gasteiger charge is -2.36. The Morgan fingerprint density at radius 2 is 1.85 bits per heavy atom. The fourth-order valence-electron chi connectivity index (χ4n) is 4.53. The van der Waals surface area contributed by atoms with Crippen molar-refractivity contribution in [2.45, 2.75) is 13.5 Å². The van der Waals surface area contributed by atoms with Crippen molar-refractivity contribution in [2.24, 2.45) is 0 Å². The molecule has 2 aliphatic rings. The number of fused-ring (bicyclic) bond motifs is 1. The predicted molar refractivity (Wildman–Crippen MR) is 139 cm³/mol. The fraction of sp³-hybridized carbons (Fsp3) is 0.222. The highest BCUT2D eigenvalue weighted by atomic mass is 79.9. The number of rotatable bonds is 4. The monoisotopic (exact) mass is 538 g/mol. The SMILES string of the molecule is Cc1cc(O)c(CN2CCN(c3cccc(Cl)c3)CC2)c2c1C(=O)/C(=C/c1ccccc1Br)O2. The average molecular weight is 540 g/mol. The van der Waals surface area contributed by atoms with E-state index in [4.69, 9.17) is 16.3 Å².